The predicted octanol–water partition coefficient (Wildman–Crippen LogP) is 2.07. The molecule has 1 unspecified atom stereocenters. The maximum atomic E-state index is 11.8. The monoisotopic (exact) mass is 260 g/mol. The number of ether oxygens (including phenoxy) is 1. The third kappa shape index (κ3) is 3.58. The first-order chi connectivity index (χ1) is 9.19. The summed E-state index contributed by atoms with van der Waals surface area (Å²) in [7, 11) is 1.70. The normalized spacial score (nSPS) is 18.5. The van der Waals surface area contributed by atoms with Crippen LogP contribution in [0.15, 0.2) is 42.1 Å². The lowest BCUT2D eigenvalue weighted by atomic mass is 10.0. The highest BCUT2D eigenvalue weighted by molar-refractivity contribution is 5.91. The van der Waals surface area contributed by atoms with Gasteiger partial charge in [0.05, 0.1) is 5.70 Å². The van der Waals surface area contributed by atoms with Crippen molar-refractivity contribution < 1.29 is 14.3 Å². The van der Waals surface area contributed by atoms with Crippen LogP contribution in [-0.2, 0) is 9.53 Å². The molecule has 2 rings (SSSR count). The summed E-state index contributed by atoms with van der Waals surface area (Å²) in [4.78, 5) is 23.0. The molecule has 0 radical (unpaired) electrons. The van der Waals surface area contributed by atoms with E-state index in [1.165, 1.54) is 6.08 Å². The molecule has 0 spiro atoms. The number of nitrogens with one attached hydrogen (secondary N) is 2. The molecule has 0 aromatic heterocycles. The zero-order chi connectivity index (χ0) is 13.7. The van der Waals surface area contributed by atoms with E-state index < -0.39 is 12.2 Å². The van der Waals surface area contributed by atoms with Crippen LogP contribution < -0.4 is 10.6 Å². The van der Waals surface area contributed by atoms with Crippen LogP contribution in [0.2, 0.25) is 0 Å². The topological polar surface area (TPSA) is 67.4 Å². The average Bonchev–Trinajstić information content (AvgIpc) is 2.42. The van der Waals surface area contributed by atoms with Crippen LogP contribution in [-0.4, -0.2) is 25.0 Å². The summed E-state index contributed by atoms with van der Waals surface area (Å²) in [6.07, 6.45) is 1.48. The molecule has 100 valence electrons. The van der Waals surface area contributed by atoms with E-state index in [-0.39, 0.29) is 5.78 Å². The van der Waals surface area contributed by atoms with E-state index in [4.69, 9.17) is 4.74 Å². The van der Waals surface area contributed by atoms with Crippen molar-refractivity contribution in [3.05, 3.63) is 42.1 Å². The highest BCUT2D eigenvalue weighted by Crippen LogP contribution is 2.18. The van der Waals surface area contributed by atoms with Gasteiger partial charge in [0.1, 0.15) is 6.10 Å². The Morgan fingerprint density at radius 3 is 2.74 bits per heavy atom. The number of hydrogen-bond acceptors (Lipinski definition) is 4. The fourth-order valence-electron chi connectivity index (χ4n) is 1.92. The number of ketones is 1. The maximum Gasteiger partial charge on any atom is 0.412 e. The third-order valence-corrected chi connectivity index (χ3v) is 2.87. The Bertz CT molecular complexity index is 497. The molecule has 0 bridgehead atoms. The van der Waals surface area contributed by atoms with Gasteiger partial charge in [-0.3, -0.25) is 10.1 Å². The minimum absolute atomic E-state index is 0.0488. The molecule has 1 aliphatic rings. The highest BCUT2D eigenvalue weighted by atomic mass is 16.6. The Labute approximate surface area is 111 Å². The van der Waals surface area contributed by atoms with Crippen LogP contribution in [0.25, 0.3) is 0 Å². The second kappa shape index (κ2) is 6.04. The van der Waals surface area contributed by atoms with Crippen molar-refractivity contribution in [2.45, 2.75) is 18.9 Å². The molecular weight excluding hydrogens is 244 g/mol. The number of carbonyl (C=O) groups is 2. The van der Waals surface area contributed by atoms with Gasteiger partial charge in [-0.1, -0.05) is 18.2 Å². The lowest BCUT2D eigenvalue weighted by Crippen LogP contribution is -2.32. The molecule has 19 heavy (non-hydrogen) atoms. The summed E-state index contributed by atoms with van der Waals surface area (Å²) in [6.45, 7) is 0. The third-order valence-electron chi connectivity index (χ3n) is 2.87. The zero-order valence-electron chi connectivity index (χ0n) is 10.7. The number of para-hydroxylation sites is 1. The molecule has 0 heterocycles. The van der Waals surface area contributed by atoms with Crippen LogP contribution in [0.1, 0.15) is 12.8 Å². The first-order valence-electron chi connectivity index (χ1n) is 6.14. The first-order valence-corrected chi connectivity index (χ1v) is 6.14. The molecule has 5 heteroatoms. The lowest BCUT2D eigenvalue weighted by Gasteiger charge is -2.23. The number of likely N-dealkylation sites (N-methyl/N-ethyl adjacent to an activating group) is 1. The highest BCUT2D eigenvalue weighted by Gasteiger charge is 2.24. The molecule has 5 nitrogen and oxygen atoms in total. The average molecular weight is 260 g/mol. The van der Waals surface area contributed by atoms with Gasteiger partial charge in [0.25, 0.3) is 0 Å². The summed E-state index contributed by atoms with van der Waals surface area (Å²) in [5.41, 5.74) is 1.31. The van der Waals surface area contributed by atoms with Gasteiger partial charge in [-0.2, -0.15) is 0 Å². The number of allylic oxidation sites excluding steroid dienone is 1. The number of anilines is 1. The molecule has 1 amide bonds. The SMILES string of the molecule is CNC1=CC(=O)CCC1OC(=O)Nc1ccccc1. The fraction of sp³-hybridized carbons (Fsp3) is 0.286. The lowest BCUT2D eigenvalue weighted by molar-refractivity contribution is -0.115. The molecule has 0 saturated carbocycles. The Morgan fingerprint density at radius 2 is 2.05 bits per heavy atom. The molecule has 0 aliphatic heterocycles. The van der Waals surface area contributed by atoms with E-state index in [0.717, 1.165) is 0 Å². The van der Waals surface area contributed by atoms with Gasteiger partial charge in [-0.15, -0.1) is 0 Å². The van der Waals surface area contributed by atoms with Crippen molar-refractivity contribution in [1.82, 2.24) is 5.32 Å². The van der Waals surface area contributed by atoms with Crippen LogP contribution in [0.3, 0.4) is 0 Å². The van der Waals surface area contributed by atoms with Crippen molar-refractivity contribution in [2.24, 2.45) is 0 Å². The van der Waals surface area contributed by atoms with Gasteiger partial charge in [0.15, 0.2) is 5.78 Å². The molecule has 0 saturated heterocycles. The summed E-state index contributed by atoms with van der Waals surface area (Å²) >= 11 is 0. The van der Waals surface area contributed by atoms with Crippen molar-refractivity contribution in [2.75, 3.05) is 12.4 Å². The summed E-state index contributed by atoms with van der Waals surface area (Å²) in [6, 6.07) is 9.08. The van der Waals surface area contributed by atoms with Crippen molar-refractivity contribution in [3.63, 3.8) is 0 Å². The standard InChI is InChI=1S/C14H16N2O3/c1-15-12-9-11(17)7-8-13(12)19-14(18)16-10-5-3-2-4-6-10/h2-6,9,13,15H,7-8H2,1H3,(H,16,18). The number of hydrogen-bond donors (Lipinski definition) is 2. The Balaban J connectivity index is 1.95. The van der Waals surface area contributed by atoms with Crippen LogP contribution in [0, 0.1) is 0 Å². The maximum absolute atomic E-state index is 11.8. The number of amides is 1. The van der Waals surface area contributed by atoms with Crippen molar-refractivity contribution in [3.8, 4) is 0 Å². The van der Waals surface area contributed by atoms with Crippen LogP contribution in [0.5, 0.6) is 0 Å². The number of rotatable bonds is 3. The van der Waals surface area contributed by atoms with Crippen molar-refractivity contribution in [1.29, 1.82) is 0 Å². The number of benzene rings is 1. The molecule has 1 aromatic rings. The molecule has 1 aliphatic carbocycles. The van der Waals surface area contributed by atoms with Gasteiger partial charge < -0.3 is 10.1 Å². The Morgan fingerprint density at radius 1 is 1.32 bits per heavy atom. The molecule has 1 aromatic carbocycles. The molecule has 1 atom stereocenters. The van der Waals surface area contributed by atoms with E-state index in [2.05, 4.69) is 10.6 Å². The minimum Gasteiger partial charge on any atom is -0.440 e. The van der Waals surface area contributed by atoms with Gasteiger partial charge in [0, 0.05) is 25.2 Å². The predicted molar refractivity (Wildman–Crippen MR) is 71.7 cm³/mol. The van der Waals surface area contributed by atoms with Gasteiger partial charge >= 0.3 is 6.09 Å². The first kappa shape index (κ1) is 13.1. The van der Waals surface area contributed by atoms with Crippen LogP contribution in [0.4, 0.5) is 10.5 Å². The zero-order valence-corrected chi connectivity index (χ0v) is 10.7. The van der Waals surface area contributed by atoms with Gasteiger partial charge in [-0.25, -0.2) is 4.79 Å². The Kier molecular flexibility index (Phi) is 4.18. The summed E-state index contributed by atoms with van der Waals surface area (Å²) in [5.74, 6) is 0.0488. The fourth-order valence-corrected chi connectivity index (χ4v) is 1.92. The Hall–Kier alpha value is -2.30. The second-order valence-corrected chi connectivity index (χ2v) is 4.24. The van der Waals surface area contributed by atoms with Crippen molar-refractivity contribution >= 4 is 17.6 Å². The molecule has 2 N–H and O–H groups in total. The van der Waals surface area contributed by atoms with E-state index in [1.807, 2.05) is 18.2 Å². The molecular formula is C14H16N2O3. The summed E-state index contributed by atoms with van der Waals surface area (Å²) < 4.78 is 5.31. The van der Waals surface area contributed by atoms with E-state index in [9.17, 15) is 9.59 Å². The second-order valence-electron chi connectivity index (χ2n) is 4.24. The van der Waals surface area contributed by atoms with E-state index >= 15 is 0 Å². The quantitative estimate of drug-likeness (QED) is 0.873. The van der Waals surface area contributed by atoms with Gasteiger partial charge in [-0.05, 0) is 18.6 Å². The largest absolute Gasteiger partial charge is 0.440 e. The minimum atomic E-state index is -0.522. The molecule has 0 fully saturated rings. The van der Waals surface area contributed by atoms with Gasteiger partial charge in [0.2, 0.25) is 0 Å². The van der Waals surface area contributed by atoms with Crippen LogP contribution >= 0.6 is 0 Å². The van der Waals surface area contributed by atoms with E-state index in [1.54, 1.807) is 19.2 Å². The van der Waals surface area contributed by atoms with E-state index in [0.29, 0.717) is 24.2 Å². The smallest absolute Gasteiger partial charge is 0.412 e. The summed E-state index contributed by atoms with van der Waals surface area (Å²) in [5, 5.41) is 5.53. The number of carbonyl (C=O) groups excluding carboxylic acids is 2.